The van der Waals surface area contributed by atoms with Crippen LogP contribution in [0.15, 0.2) is 0 Å². The van der Waals surface area contributed by atoms with E-state index in [0.29, 0.717) is 26.3 Å². The van der Waals surface area contributed by atoms with E-state index in [9.17, 15) is 19.5 Å². The SMILES string of the molecule is O=C(COC(=O)N1CCOCC1)N[C@H]1CC(=O)OC1O. The van der Waals surface area contributed by atoms with Crippen molar-refractivity contribution in [2.45, 2.75) is 18.8 Å². The molecule has 0 aromatic carbocycles. The average Bonchev–Trinajstić information content (AvgIpc) is 2.75. The molecule has 2 fully saturated rings. The number of hydrogen-bond acceptors (Lipinski definition) is 7. The second-order valence-electron chi connectivity index (χ2n) is 4.41. The second-order valence-corrected chi connectivity index (χ2v) is 4.41. The first-order chi connectivity index (χ1) is 9.56. The predicted molar refractivity (Wildman–Crippen MR) is 62.4 cm³/mol. The first kappa shape index (κ1) is 14.5. The van der Waals surface area contributed by atoms with E-state index in [0.717, 1.165) is 0 Å². The molecule has 2 aliphatic heterocycles. The lowest BCUT2D eigenvalue weighted by molar-refractivity contribution is -0.155. The fraction of sp³-hybridized carbons (Fsp3) is 0.727. The summed E-state index contributed by atoms with van der Waals surface area (Å²) in [4.78, 5) is 35.4. The molecule has 2 aliphatic rings. The highest BCUT2D eigenvalue weighted by atomic mass is 16.6. The molecule has 2 N–H and O–H groups in total. The quantitative estimate of drug-likeness (QED) is 0.589. The molecule has 2 heterocycles. The molecule has 0 radical (unpaired) electrons. The molecule has 2 amide bonds. The van der Waals surface area contributed by atoms with Crippen LogP contribution in [0.4, 0.5) is 4.79 Å². The van der Waals surface area contributed by atoms with Crippen LogP contribution in [0.5, 0.6) is 0 Å². The zero-order chi connectivity index (χ0) is 14.5. The Morgan fingerprint density at radius 2 is 2.10 bits per heavy atom. The second kappa shape index (κ2) is 6.53. The number of carbonyl (C=O) groups is 3. The summed E-state index contributed by atoms with van der Waals surface area (Å²) < 4.78 is 14.4. The molecule has 2 atom stereocenters. The molecular weight excluding hydrogens is 272 g/mol. The van der Waals surface area contributed by atoms with Crippen molar-refractivity contribution in [3.05, 3.63) is 0 Å². The van der Waals surface area contributed by atoms with Crippen LogP contribution in [0, 0.1) is 0 Å². The summed E-state index contributed by atoms with van der Waals surface area (Å²) in [7, 11) is 0. The number of amides is 2. The molecule has 0 aliphatic carbocycles. The van der Waals surface area contributed by atoms with Crippen molar-refractivity contribution in [1.82, 2.24) is 10.2 Å². The van der Waals surface area contributed by atoms with Crippen molar-refractivity contribution in [2.75, 3.05) is 32.9 Å². The Balaban J connectivity index is 1.69. The van der Waals surface area contributed by atoms with Gasteiger partial charge < -0.3 is 29.5 Å². The van der Waals surface area contributed by atoms with Crippen molar-refractivity contribution in [2.24, 2.45) is 0 Å². The third-order valence-electron chi connectivity index (χ3n) is 2.93. The summed E-state index contributed by atoms with van der Waals surface area (Å²) in [6.45, 7) is 1.24. The largest absolute Gasteiger partial charge is 0.439 e. The zero-order valence-electron chi connectivity index (χ0n) is 10.7. The minimum absolute atomic E-state index is 0.107. The number of cyclic esters (lactones) is 1. The third-order valence-corrected chi connectivity index (χ3v) is 2.93. The van der Waals surface area contributed by atoms with E-state index in [4.69, 9.17) is 9.47 Å². The molecule has 112 valence electrons. The van der Waals surface area contributed by atoms with Gasteiger partial charge >= 0.3 is 12.1 Å². The van der Waals surface area contributed by atoms with E-state index >= 15 is 0 Å². The van der Waals surface area contributed by atoms with Crippen molar-refractivity contribution < 1.29 is 33.7 Å². The maximum absolute atomic E-state index is 11.6. The van der Waals surface area contributed by atoms with Gasteiger partial charge in [-0.15, -0.1) is 0 Å². The molecule has 0 spiro atoms. The van der Waals surface area contributed by atoms with E-state index in [1.807, 2.05) is 0 Å². The third kappa shape index (κ3) is 3.81. The van der Waals surface area contributed by atoms with Crippen LogP contribution in [0.25, 0.3) is 0 Å². The smallest absolute Gasteiger partial charge is 0.410 e. The van der Waals surface area contributed by atoms with Crippen LogP contribution in [0.1, 0.15) is 6.42 Å². The highest BCUT2D eigenvalue weighted by molar-refractivity contribution is 5.81. The maximum Gasteiger partial charge on any atom is 0.410 e. The summed E-state index contributed by atoms with van der Waals surface area (Å²) in [5.74, 6) is -1.19. The number of nitrogens with zero attached hydrogens (tertiary/aromatic N) is 1. The Bertz CT molecular complexity index is 394. The fourth-order valence-corrected chi connectivity index (χ4v) is 1.88. The minimum atomic E-state index is -1.36. The molecule has 0 bridgehead atoms. The van der Waals surface area contributed by atoms with E-state index in [2.05, 4.69) is 10.1 Å². The lowest BCUT2D eigenvalue weighted by Gasteiger charge is -2.25. The summed E-state index contributed by atoms with van der Waals surface area (Å²) in [5.41, 5.74) is 0. The molecule has 1 unspecified atom stereocenters. The molecule has 2 saturated heterocycles. The number of rotatable bonds is 3. The van der Waals surface area contributed by atoms with Gasteiger partial charge in [0, 0.05) is 13.1 Å². The molecule has 0 saturated carbocycles. The van der Waals surface area contributed by atoms with E-state index < -0.39 is 36.9 Å². The number of aliphatic hydroxyl groups is 1. The lowest BCUT2D eigenvalue weighted by Crippen LogP contribution is -2.44. The predicted octanol–water partition coefficient (Wildman–Crippen LogP) is -1.79. The molecule has 2 rings (SSSR count). The summed E-state index contributed by atoms with van der Waals surface area (Å²) >= 11 is 0. The number of ether oxygens (including phenoxy) is 3. The van der Waals surface area contributed by atoms with Crippen LogP contribution in [0.2, 0.25) is 0 Å². The molecule has 9 heteroatoms. The van der Waals surface area contributed by atoms with E-state index in [1.54, 1.807) is 0 Å². The Morgan fingerprint density at radius 1 is 1.40 bits per heavy atom. The van der Waals surface area contributed by atoms with Crippen LogP contribution < -0.4 is 5.32 Å². The lowest BCUT2D eigenvalue weighted by atomic mass is 10.2. The fourth-order valence-electron chi connectivity index (χ4n) is 1.88. The molecule has 9 nitrogen and oxygen atoms in total. The minimum Gasteiger partial charge on any atom is -0.439 e. The van der Waals surface area contributed by atoms with Crippen LogP contribution in [-0.2, 0) is 23.8 Å². The zero-order valence-corrected chi connectivity index (χ0v) is 10.7. The topological polar surface area (TPSA) is 114 Å². The number of carbonyl (C=O) groups excluding carboxylic acids is 3. The van der Waals surface area contributed by atoms with Gasteiger partial charge in [-0.1, -0.05) is 0 Å². The summed E-state index contributed by atoms with van der Waals surface area (Å²) in [6, 6.07) is -0.808. The Labute approximate surface area is 114 Å². The summed E-state index contributed by atoms with van der Waals surface area (Å²) in [6.07, 6.45) is -2.06. The molecule has 0 aromatic rings. The Morgan fingerprint density at radius 3 is 2.70 bits per heavy atom. The van der Waals surface area contributed by atoms with Gasteiger partial charge in [-0.05, 0) is 0 Å². The Kier molecular flexibility index (Phi) is 4.74. The average molecular weight is 288 g/mol. The number of aliphatic hydroxyl groups excluding tert-OH is 1. The van der Waals surface area contributed by atoms with Gasteiger partial charge in [0.1, 0.15) is 6.04 Å². The maximum atomic E-state index is 11.6. The van der Waals surface area contributed by atoms with E-state index in [1.165, 1.54) is 4.90 Å². The van der Waals surface area contributed by atoms with Crippen LogP contribution in [-0.4, -0.2) is 73.2 Å². The van der Waals surface area contributed by atoms with Gasteiger partial charge in [0.15, 0.2) is 6.61 Å². The van der Waals surface area contributed by atoms with Gasteiger partial charge in [-0.2, -0.15) is 0 Å². The van der Waals surface area contributed by atoms with Gasteiger partial charge in [0.25, 0.3) is 5.91 Å². The van der Waals surface area contributed by atoms with Crippen LogP contribution >= 0.6 is 0 Å². The van der Waals surface area contributed by atoms with Crippen molar-refractivity contribution in [1.29, 1.82) is 0 Å². The van der Waals surface area contributed by atoms with Crippen molar-refractivity contribution in [3.63, 3.8) is 0 Å². The molecule has 20 heavy (non-hydrogen) atoms. The van der Waals surface area contributed by atoms with Crippen molar-refractivity contribution in [3.8, 4) is 0 Å². The normalized spacial score (nSPS) is 26.1. The first-order valence-electron chi connectivity index (χ1n) is 6.22. The standard InChI is InChI=1S/C11H16N2O7/c14-8(12-7-5-9(15)20-10(7)16)6-19-11(17)13-1-3-18-4-2-13/h7,10,16H,1-6H2,(H,12,14)/t7-,10?/m0/s1. The van der Waals surface area contributed by atoms with E-state index in [-0.39, 0.29) is 6.42 Å². The van der Waals surface area contributed by atoms with Gasteiger partial charge in [0.05, 0.1) is 19.6 Å². The number of hydrogen-bond donors (Lipinski definition) is 2. The van der Waals surface area contributed by atoms with Gasteiger partial charge in [-0.3, -0.25) is 9.59 Å². The van der Waals surface area contributed by atoms with Gasteiger partial charge in [0.2, 0.25) is 6.29 Å². The summed E-state index contributed by atoms with van der Waals surface area (Å²) in [5, 5.41) is 11.7. The number of esters is 1. The Hall–Kier alpha value is -1.87. The number of morpholine rings is 1. The van der Waals surface area contributed by atoms with Gasteiger partial charge in [-0.25, -0.2) is 4.79 Å². The molecular formula is C11H16N2O7. The monoisotopic (exact) mass is 288 g/mol. The highest BCUT2D eigenvalue weighted by Gasteiger charge is 2.34. The molecule has 0 aromatic heterocycles. The van der Waals surface area contributed by atoms with Crippen LogP contribution in [0.3, 0.4) is 0 Å². The highest BCUT2D eigenvalue weighted by Crippen LogP contribution is 2.12. The van der Waals surface area contributed by atoms with Crippen molar-refractivity contribution >= 4 is 18.0 Å². The number of nitrogens with one attached hydrogen (secondary N) is 1. The first-order valence-corrected chi connectivity index (χ1v) is 6.22.